The molecule has 128 valence electrons. The number of halogens is 1. The van der Waals surface area contributed by atoms with Crippen molar-refractivity contribution in [3.05, 3.63) is 62.7 Å². The Hall–Kier alpha value is -2.53. The first-order valence-electron chi connectivity index (χ1n) is 7.55. The zero-order valence-corrected chi connectivity index (χ0v) is 15.8. The van der Waals surface area contributed by atoms with Gasteiger partial charge < -0.3 is 15.2 Å². The maximum atomic E-state index is 12.2. The first-order chi connectivity index (χ1) is 12.0. The van der Waals surface area contributed by atoms with Crippen LogP contribution in [0, 0.1) is 14.9 Å². The number of phenolic OH excluding ortho intramolecular Hbond substituents is 1. The van der Waals surface area contributed by atoms with Gasteiger partial charge in [-0.15, -0.1) is 0 Å². The van der Waals surface area contributed by atoms with Crippen LogP contribution in [0.5, 0.6) is 11.5 Å². The minimum atomic E-state index is -0.430. The maximum Gasteiger partial charge on any atom is 0.261 e. The summed E-state index contributed by atoms with van der Waals surface area (Å²) in [4.78, 5) is 12.2. The van der Waals surface area contributed by atoms with Crippen LogP contribution in [0.15, 0.2) is 48.0 Å². The van der Waals surface area contributed by atoms with E-state index in [1.807, 2.05) is 59.0 Å². The summed E-state index contributed by atoms with van der Waals surface area (Å²) in [5, 5.41) is 21.9. The van der Waals surface area contributed by atoms with Crippen LogP contribution in [0.25, 0.3) is 6.08 Å². The summed E-state index contributed by atoms with van der Waals surface area (Å²) < 4.78 is 5.66. The number of carbonyl (C=O) groups excluding carboxylic acids is 1. The number of nitrogens with one attached hydrogen (secondary N) is 1. The van der Waals surface area contributed by atoms with Gasteiger partial charge in [0, 0.05) is 6.54 Å². The number of hydrogen-bond donors (Lipinski definition) is 2. The Kier molecular flexibility index (Phi) is 6.83. The molecule has 0 heterocycles. The highest BCUT2D eigenvalue weighted by Crippen LogP contribution is 2.33. The van der Waals surface area contributed by atoms with Gasteiger partial charge in [0.25, 0.3) is 5.91 Å². The van der Waals surface area contributed by atoms with Crippen LogP contribution in [0.4, 0.5) is 0 Å². The van der Waals surface area contributed by atoms with Crippen LogP contribution in [0.1, 0.15) is 11.1 Å². The van der Waals surface area contributed by atoms with Crippen molar-refractivity contribution in [3.63, 3.8) is 0 Å². The molecule has 0 aliphatic rings. The lowest BCUT2D eigenvalue weighted by molar-refractivity contribution is -0.117. The van der Waals surface area contributed by atoms with E-state index in [4.69, 9.17) is 4.74 Å². The molecule has 0 aromatic heterocycles. The number of aromatic hydroxyl groups is 1. The Morgan fingerprint density at radius 3 is 2.72 bits per heavy atom. The zero-order valence-electron chi connectivity index (χ0n) is 13.6. The highest BCUT2D eigenvalue weighted by molar-refractivity contribution is 14.1. The molecule has 1 amide bonds. The van der Waals surface area contributed by atoms with Gasteiger partial charge in [0.05, 0.1) is 10.7 Å². The molecule has 0 bridgehead atoms. The van der Waals surface area contributed by atoms with Crippen molar-refractivity contribution < 1.29 is 14.6 Å². The molecule has 0 fully saturated rings. The largest absolute Gasteiger partial charge is 0.504 e. The molecule has 2 N–H and O–H groups in total. The van der Waals surface area contributed by atoms with Crippen LogP contribution in [0.3, 0.4) is 0 Å². The zero-order chi connectivity index (χ0) is 18.2. The molecule has 2 aromatic rings. The van der Waals surface area contributed by atoms with Crippen molar-refractivity contribution in [1.82, 2.24) is 5.32 Å². The second kappa shape index (κ2) is 9.08. The van der Waals surface area contributed by atoms with E-state index in [0.29, 0.717) is 27.8 Å². The van der Waals surface area contributed by atoms with E-state index >= 15 is 0 Å². The Morgan fingerprint density at radius 1 is 1.36 bits per heavy atom. The Morgan fingerprint density at radius 2 is 2.08 bits per heavy atom. The SMILES string of the molecule is COc1cc(/C=C(\C#N)C(=O)NCCc2ccccc2)cc(I)c1O. The second-order valence-electron chi connectivity index (χ2n) is 5.21. The lowest BCUT2D eigenvalue weighted by Crippen LogP contribution is -2.26. The molecular weight excluding hydrogens is 431 g/mol. The van der Waals surface area contributed by atoms with Gasteiger partial charge in [-0.3, -0.25) is 4.79 Å². The van der Waals surface area contributed by atoms with Crippen molar-refractivity contribution in [2.24, 2.45) is 0 Å². The quantitative estimate of drug-likeness (QED) is 0.404. The Bertz CT molecular complexity index is 827. The number of ether oxygens (including phenoxy) is 1. The summed E-state index contributed by atoms with van der Waals surface area (Å²) in [5.41, 5.74) is 1.72. The topological polar surface area (TPSA) is 82.3 Å². The Labute approximate surface area is 160 Å². The predicted molar refractivity (Wildman–Crippen MR) is 104 cm³/mol. The molecule has 0 aliphatic carbocycles. The number of hydrogen-bond acceptors (Lipinski definition) is 4. The number of amides is 1. The van der Waals surface area contributed by atoms with E-state index in [1.165, 1.54) is 13.2 Å². The van der Waals surface area contributed by atoms with Crippen molar-refractivity contribution >= 4 is 34.6 Å². The summed E-state index contributed by atoms with van der Waals surface area (Å²) in [5.74, 6) is -0.105. The molecule has 5 nitrogen and oxygen atoms in total. The molecular formula is C19H17IN2O3. The van der Waals surface area contributed by atoms with Gasteiger partial charge in [0.1, 0.15) is 11.6 Å². The number of benzene rings is 2. The number of phenols is 1. The summed E-state index contributed by atoms with van der Waals surface area (Å²) in [6.45, 7) is 0.443. The Balaban J connectivity index is 2.08. The minimum absolute atomic E-state index is 0.00314. The molecule has 6 heteroatoms. The molecule has 0 radical (unpaired) electrons. The van der Waals surface area contributed by atoms with Crippen molar-refractivity contribution in [2.45, 2.75) is 6.42 Å². The van der Waals surface area contributed by atoms with Gasteiger partial charge in [0.15, 0.2) is 11.5 Å². The van der Waals surface area contributed by atoms with Crippen LogP contribution in [-0.2, 0) is 11.2 Å². The number of nitrogens with zero attached hydrogens (tertiary/aromatic N) is 1. The van der Waals surface area contributed by atoms with Crippen LogP contribution in [0.2, 0.25) is 0 Å². The van der Waals surface area contributed by atoms with Gasteiger partial charge in [-0.25, -0.2) is 0 Å². The minimum Gasteiger partial charge on any atom is -0.504 e. The highest BCUT2D eigenvalue weighted by atomic mass is 127. The van der Waals surface area contributed by atoms with Crippen LogP contribution >= 0.6 is 22.6 Å². The summed E-state index contributed by atoms with van der Waals surface area (Å²) >= 11 is 1.96. The van der Waals surface area contributed by atoms with Gasteiger partial charge >= 0.3 is 0 Å². The van der Waals surface area contributed by atoms with Crippen molar-refractivity contribution in [2.75, 3.05) is 13.7 Å². The van der Waals surface area contributed by atoms with Crippen LogP contribution < -0.4 is 10.1 Å². The smallest absolute Gasteiger partial charge is 0.261 e. The third-order valence-corrected chi connectivity index (χ3v) is 4.31. The standard InChI is InChI=1S/C19H17IN2O3/c1-25-17-11-14(10-16(20)18(17)23)9-15(12-21)19(24)22-8-7-13-5-3-2-4-6-13/h2-6,9-11,23H,7-8H2,1H3,(H,22,24)/b15-9+. The van der Waals surface area contributed by atoms with E-state index in [9.17, 15) is 15.2 Å². The molecule has 0 unspecified atom stereocenters. The predicted octanol–water partition coefficient (Wildman–Crippen LogP) is 3.27. The average Bonchev–Trinajstić information content (AvgIpc) is 2.63. The van der Waals surface area contributed by atoms with Crippen molar-refractivity contribution in [1.29, 1.82) is 5.26 Å². The van der Waals surface area contributed by atoms with E-state index in [2.05, 4.69) is 5.32 Å². The number of rotatable bonds is 6. The van der Waals surface area contributed by atoms with Crippen LogP contribution in [-0.4, -0.2) is 24.7 Å². The second-order valence-corrected chi connectivity index (χ2v) is 6.38. The molecule has 0 atom stereocenters. The molecule has 0 saturated carbocycles. The first-order valence-corrected chi connectivity index (χ1v) is 8.63. The lowest BCUT2D eigenvalue weighted by atomic mass is 10.1. The van der Waals surface area contributed by atoms with E-state index < -0.39 is 5.91 Å². The number of methoxy groups -OCH3 is 1. The van der Waals surface area contributed by atoms with E-state index in [-0.39, 0.29) is 11.3 Å². The van der Waals surface area contributed by atoms with Gasteiger partial charge in [-0.05, 0) is 58.3 Å². The number of carbonyl (C=O) groups is 1. The van der Waals surface area contributed by atoms with E-state index in [1.54, 1.807) is 12.1 Å². The fourth-order valence-electron chi connectivity index (χ4n) is 2.21. The van der Waals surface area contributed by atoms with E-state index in [0.717, 1.165) is 5.56 Å². The first kappa shape index (κ1) is 18.8. The molecule has 2 rings (SSSR count). The van der Waals surface area contributed by atoms with Gasteiger partial charge in [-0.1, -0.05) is 30.3 Å². The van der Waals surface area contributed by atoms with Crippen molar-refractivity contribution in [3.8, 4) is 17.6 Å². The molecule has 2 aromatic carbocycles. The molecule has 0 saturated heterocycles. The fourth-order valence-corrected chi connectivity index (χ4v) is 2.83. The summed E-state index contributed by atoms with van der Waals surface area (Å²) in [6.07, 6.45) is 2.16. The average molecular weight is 448 g/mol. The third kappa shape index (κ3) is 5.22. The summed E-state index contributed by atoms with van der Waals surface area (Å²) in [6, 6.07) is 15.0. The highest BCUT2D eigenvalue weighted by Gasteiger charge is 2.11. The molecule has 25 heavy (non-hydrogen) atoms. The fraction of sp³-hybridized carbons (Fsp3) is 0.158. The van der Waals surface area contributed by atoms with Gasteiger partial charge in [-0.2, -0.15) is 5.26 Å². The molecule has 0 aliphatic heterocycles. The third-order valence-electron chi connectivity index (χ3n) is 3.49. The maximum absolute atomic E-state index is 12.2. The molecule has 0 spiro atoms. The summed E-state index contributed by atoms with van der Waals surface area (Å²) in [7, 11) is 1.44. The normalized spacial score (nSPS) is 10.8. The van der Waals surface area contributed by atoms with Gasteiger partial charge in [0.2, 0.25) is 0 Å². The monoisotopic (exact) mass is 448 g/mol. The lowest BCUT2D eigenvalue weighted by Gasteiger charge is -2.08. The number of nitriles is 1.